The molecule has 33 heavy (non-hydrogen) atoms. The van der Waals surface area contributed by atoms with Crippen LogP contribution in [0.2, 0.25) is 0 Å². The molecular weight excluding hydrogens is 426 g/mol. The molecule has 0 radical (unpaired) electrons. The van der Waals surface area contributed by atoms with Crippen molar-refractivity contribution in [1.82, 2.24) is 24.2 Å². The SMILES string of the molecule is C#CCn1c(=O)[nH]c2nc(CC3C=CN(C#Cc4ccc(OC)c(OC)c4)O3)n(C)c2c1=O. The molecule has 2 aromatic heterocycles. The number of H-pyrrole nitrogens is 1. The number of ether oxygens (including phenoxy) is 2. The highest BCUT2D eigenvalue weighted by Crippen LogP contribution is 2.27. The van der Waals surface area contributed by atoms with Crippen LogP contribution in [0.25, 0.3) is 11.2 Å². The molecule has 0 spiro atoms. The highest BCUT2D eigenvalue weighted by molar-refractivity contribution is 5.70. The number of hydrogen-bond donors (Lipinski definition) is 1. The Labute approximate surface area is 189 Å². The number of terminal acetylenes is 1. The summed E-state index contributed by atoms with van der Waals surface area (Å²) in [6.45, 7) is -0.118. The second-order valence-corrected chi connectivity index (χ2v) is 7.13. The van der Waals surface area contributed by atoms with Gasteiger partial charge in [0, 0.05) is 31.3 Å². The van der Waals surface area contributed by atoms with E-state index in [1.54, 1.807) is 44.2 Å². The van der Waals surface area contributed by atoms with E-state index in [0.29, 0.717) is 23.7 Å². The summed E-state index contributed by atoms with van der Waals surface area (Å²) in [6.07, 6.45) is 8.83. The van der Waals surface area contributed by atoms with Crippen molar-refractivity contribution < 1.29 is 14.3 Å². The summed E-state index contributed by atoms with van der Waals surface area (Å²) in [7, 11) is 4.84. The van der Waals surface area contributed by atoms with E-state index < -0.39 is 11.2 Å². The highest BCUT2D eigenvalue weighted by atomic mass is 16.7. The van der Waals surface area contributed by atoms with Crippen molar-refractivity contribution in [2.24, 2.45) is 7.05 Å². The number of aromatic nitrogens is 4. The fourth-order valence-electron chi connectivity index (χ4n) is 3.46. The van der Waals surface area contributed by atoms with E-state index in [-0.39, 0.29) is 23.8 Å². The zero-order valence-electron chi connectivity index (χ0n) is 18.3. The molecule has 3 heterocycles. The Kier molecular flexibility index (Phi) is 5.94. The second-order valence-electron chi connectivity index (χ2n) is 7.13. The monoisotopic (exact) mass is 447 g/mol. The van der Waals surface area contributed by atoms with E-state index >= 15 is 0 Å². The molecule has 0 amide bonds. The number of imidazole rings is 1. The molecule has 0 fully saturated rings. The first-order chi connectivity index (χ1) is 15.9. The lowest BCUT2D eigenvalue weighted by molar-refractivity contribution is -0.0836. The lowest BCUT2D eigenvalue weighted by atomic mass is 10.2. The minimum absolute atomic E-state index is 0.118. The average molecular weight is 447 g/mol. The van der Waals surface area contributed by atoms with Gasteiger partial charge in [0.1, 0.15) is 11.9 Å². The third-order valence-corrected chi connectivity index (χ3v) is 5.12. The van der Waals surface area contributed by atoms with Gasteiger partial charge in [0.2, 0.25) is 0 Å². The van der Waals surface area contributed by atoms with Crippen LogP contribution in [0.15, 0.2) is 40.1 Å². The minimum atomic E-state index is -0.594. The summed E-state index contributed by atoms with van der Waals surface area (Å²) in [5.74, 6) is 7.09. The summed E-state index contributed by atoms with van der Waals surface area (Å²) >= 11 is 0. The van der Waals surface area contributed by atoms with Crippen LogP contribution in [0.1, 0.15) is 11.4 Å². The van der Waals surface area contributed by atoms with Gasteiger partial charge in [0.15, 0.2) is 22.7 Å². The zero-order chi connectivity index (χ0) is 23.5. The van der Waals surface area contributed by atoms with Crippen molar-refractivity contribution in [3.63, 3.8) is 0 Å². The molecule has 1 atom stereocenters. The van der Waals surface area contributed by atoms with Crippen LogP contribution in [0, 0.1) is 24.3 Å². The van der Waals surface area contributed by atoms with Crippen LogP contribution < -0.4 is 20.7 Å². The molecule has 0 saturated carbocycles. The first-order valence-electron chi connectivity index (χ1n) is 9.95. The maximum atomic E-state index is 12.7. The van der Waals surface area contributed by atoms with Crippen molar-refractivity contribution in [3.8, 4) is 35.8 Å². The zero-order valence-corrected chi connectivity index (χ0v) is 18.3. The average Bonchev–Trinajstić information content (AvgIpc) is 3.39. The molecule has 1 aliphatic rings. The first kappa shape index (κ1) is 21.8. The molecule has 1 unspecified atom stereocenters. The van der Waals surface area contributed by atoms with Gasteiger partial charge in [0.25, 0.3) is 5.56 Å². The predicted octanol–water partition coefficient (Wildman–Crippen LogP) is 0.755. The number of fused-ring (bicyclic) bond motifs is 1. The number of rotatable bonds is 5. The van der Waals surface area contributed by atoms with Crippen LogP contribution in [-0.4, -0.2) is 44.5 Å². The highest BCUT2D eigenvalue weighted by Gasteiger charge is 2.21. The maximum Gasteiger partial charge on any atom is 0.330 e. The molecule has 1 aliphatic heterocycles. The maximum absolute atomic E-state index is 12.7. The fraction of sp³-hybridized carbons (Fsp3) is 0.261. The second kappa shape index (κ2) is 8.99. The Morgan fingerprint density at radius 3 is 2.76 bits per heavy atom. The van der Waals surface area contributed by atoms with Gasteiger partial charge in [-0.3, -0.25) is 14.6 Å². The lowest BCUT2D eigenvalue weighted by Crippen LogP contribution is -2.35. The van der Waals surface area contributed by atoms with Crippen molar-refractivity contribution in [3.05, 3.63) is 62.7 Å². The van der Waals surface area contributed by atoms with E-state index in [2.05, 4.69) is 27.9 Å². The number of hydroxylamine groups is 2. The van der Waals surface area contributed by atoms with Crippen molar-refractivity contribution in [1.29, 1.82) is 0 Å². The van der Waals surface area contributed by atoms with Gasteiger partial charge in [-0.15, -0.1) is 6.42 Å². The molecule has 0 bridgehead atoms. The number of nitrogens with zero attached hydrogens (tertiary/aromatic N) is 4. The Balaban J connectivity index is 1.50. The quantitative estimate of drug-likeness (QED) is 0.576. The molecule has 1 N–H and O–H groups in total. The standard InChI is InChI=1S/C23H21N5O5/c1-5-10-28-22(29)20-21(25-23(28)30)24-19(26(20)2)14-16-9-12-27(33-16)11-8-15-6-7-17(31-3)18(13-15)32-4/h1,6-7,9,12-13,16H,10,14H2,2-4H3,(H,25,30). The van der Waals surface area contributed by atoms with Crippen LogP contribution in [-0.2, 0) is 24.9 Å². The van der Waals surface area contributed by atoms with E-state index in [4.69, 9.17) is 20.7 Å². The Morgan fingerprint density at radius 1 is 1.24 bits per heavy atom. The topological polar surface area (TPSA) is 104 Å². The molecule has 168 valence electrons. The van der Waals surface area contributed by atoms with Gasteiger partial charge >= 0.3 is 5.69 Å². The fourth-order valence-corrected chi connectivity index (χ4v) is 3.46. The van der Waals surface area contributed by atoms with E-state index in [1.165, 1.54) is 5.06 Å². The predicted molar refractivity (Wildman–Crippen MR) is 120 cm³/mol. The Hall–Kier alpha value is -4.41. The van der Waals surface area contributed by atoms with E-state index in [1.807, 2.05) is 12.1 Å². The van der Waals surface area contributed by atoms with Gasteiger partial charge in [-0.1, -0.05) is 5.92 Å². The first-order valence-corrected chi connectivity index (χ1v) is 9.95. The van der Waals surface area contributed by atoms with Crippen molar-refractivity contribution >= 4 is 11.2 Å². The summed E-state index contributed by atoms with van der Waals surface area (Å²) in [6, 6.07) is 8.28. The largest absolute Gasteiger partial charge is 0.493 e. The smallest absolute Gasteiger partial charge is 0.330 e. The summed E-state index contributed by atoms with van der Waals surface area (Å²) in [5.41, 5.74) is 0.132. The van der Waals surface area contributed by atoms with Crippen LogP contribution in [0.5, 0.6) is 11.5 Å². The van der Waals surface area contributed by atoms with Crippen molar-refractivity contribution in [2.45, 2.75) is 19.1 Å². The van der Waals surface area contributed by atoms with Crippen LogP contribution in [0.4, 0.5) is 0 Å². The molecular formula is C23H21N5O5. The van der Waals surface area contributed by atoms with Gasteiger partial charge in [-0.05, 0) is 30.2 Å². The number of methoxy groups -OCH3 is 2. The molecule has 4 rings (SSSR count). The lowest BCUT2D eigenvalue weighted by Gasteiger charge is -2.11. The number of nitrogens with one attached hydrogen (secondary N) is 1. The molecule has 0 aliphatic carbocycles. The Morgan fingerprint density at radius 2 is 2.03 bits per heavy atom. The van der Waals surface area contributed by atoms with Crippen LogP contribution >= 0.6 is 0 Å². The van der Waals surface area contributed by atoms with E-state index in [0.717, 1.165) is 10.1 Å². The minimum Gasteiger partial charge on any atom is -0.493 e. The third-order valence-electron chi connectivity index (χ3n) is 5.12. The third kappa shape index (κ3) is 4.20. The summed E-state index contributed by atoms with van der Waals surface area (Å²) in [4.78, 5) is 37.6. The number of hydrogen-bond acceptors (Lipinski definition) is 7. The molecule has 1 aromatic carbocycles. The van der Waals surface area contributed by atoms with Crippen molar-refractivity contribution in [2.75, 3.05) is 14.2 Å². The molecule has 10 nitrogen and oxygen atoms in total. The van der Waals surface area contributed by atoms with Gasteiger partial charge in [-0.2, -0.15) is 5.06 Å². The molecule has 0 saturated heterocycles. The Bertz CT molecular complexity index is 1460. The summed E-state index contributed by atoms with van der Waals surface area (Å²) < 4.78 is 13.1. The van der Waals surface area contributed by atoms with Gasteiger partial charge < -0.3 is 14.0 Å². The van der Waals surface area contributed by atoms with Gasteiger partial charge in [-0.25, -0.2) is 14.3 Å². The molecule has 10 heteroatoms. The van der Waals surface area contributed by atoms with Gasteiger partial charge in [0.05, 0.1) is 20.8 Å². The summed E-state index contributed by atoms with van der Waals surface area (Å²) in [5, 5.41) is 1.41. The number of benzene rings is 1. The normalized spacial score (nSPS) is 14.7. The number of aryl methyl sites for hydroxylation is 1. The van der Waals surface area contributed by atoms with Crippen LogP contribution in [0.3, 0.4) is 0 Å². The molecule has 3 aromatic rings. The van der Waals surface area contributed by atoms with E-state index in [9.17, 15) is 9.59 Å². The number of aromatic amines is 1.